The maximum Gasteiger partial charge on any atom is 0.128 e. The molecule has 0 fully saturated rings. The van der Waals surface area contributed by atoms with Crippen molar-refractivity contribution in [2.24, 2.45) is 10.4 Å². The third kappa shape index (κ3) is 4.34. The Morgan fingerprint density at radius 2 is 1.75 bits per heavy atom. The van der Waals surface area contributed by atoms with Crippen LogP contribution in [0.15, 0.2) is 23.2 Å². The summed E-state index contributed by atoms with van der Waals surface area (Å²) in [5, 5.41) is 20.2. The second-order valence-corrected chi connectivity index (χ2v) is 7.37. The molecule has 0 saturated heterocycles. The molecule has 0 aliphatic rings. The number of aliphatic hydroxyl groups excluding tert-OH is 1. The molecule has 112 valence electrons. The van der Waals surface area contributed by atoms with E-state index in [0.29, 0.717) is 12.1 Å². The summed E-state index contributed by atoms with van der Waals surface area (Å²) in [6.45, 7) is 12.5. The zero-order valence-corrected chi connectivity index (χ0v) is 13.4. The van der Waals surface area contributed by atoms with Crippen molar-refractivity contribution in [3.8, 4) is 5.75 Å². The van der Waals surface area contributed by atoms with Crippen molar-refractivity contribution < 1.29 is 10.2 Å². The van der Waals surface area contributed by atoms with Gasteiger partial charge in [-0.15, -0.1) is 0 Å². The highest BCUT2D eigenvalue weighted by Gasteiger charge is 2.21. The van der Waals surface area contributed by atoms with Crippen molar-refractivity contribution in [2.75, 3.05) is 6.54 Å². The summed E-state index contributed by atoms with van der Waals surface area (Å²) >= 11 is 0. The van der Waals surface area contributed by atoms with E-state index in [1.165, 1.54) is 0 Å². The first kappa shape index (κ1) is 16.7. The quantitative estimate of drug-likeness (QED) is 0.831. The summed E-state index contributed by atoms with van der Waals surface area (Å²) < 4.78 is 0. The molecule has 0 amide bonds. The largest absolute Gasteiger partial charge is 0.507 e. The highest BCUT2D eigenvalue weighted by Crippen LogP contribution is 2.32. The first-order chi connectivity index (χ1) is 9.03. The standard InChI is InChI=1S/C17H27NO2/c1-16(2,3)13-9-7-8-12(15(13)20)10-18-11-14(19)17(4,5)6/h7-10,14,19-20H,11H2,1-6H3/t14-/m0/s1. The maximum atomic E-state index is 10.3. The van der Waals surface area contributed by atoms with Gasteiger partial charge in [-0.25, -0.2) is 0 Å². The number of rotatable bonds is 3. The number of phenols is 1. The van der Waals surface area contributed by atoms with Gasteiger partial charge >= 0.3 is 0 Å². The molecule has 0 radical (unpaired) electrons. The minimum absolute atomic E-state index is 0.112. The van der Waals surface area contributed by atoms with Crippen molar-refractivity contribution in [1.29, 1.82) is 0 Å². The van der Waals surface area contributed by atoms with Crippen molar-refractivity contribution in [2.45, 2.75) is 53.1 Å². The second kappa shape index (κ2) is 5.96. The van der Waals surface area contributed by atoms with Gasteiger partial charge in [0.15, 0.2) is 0 Å². The number of aromatic hydroxyl groups is 1. The lowest BCUT2D eigenvalue weighted by Gasteiger charge is -2.24. The first-order valence-electron chi connectivity index (χ1n) is 7.04. The van der Waals surface area contributed by atoms with Crippen molar-refractivity contribution in [3.63, 3.8) is 0 Å². The van der Waals surface area contributed by atoms with Gasteiger partial charge in [-0.1, -0.05) is 53.7 Å². The van der Waals surface area contributed by atoms with Gasteiger partial charge in [0.1, 0.15) is 5.75 Å². The van der Waals surface area contributed by atoms with Crippen LogP contribution < -0.4 is 0 Å². The van der Waals surface area contributed by atoms with Crippen LogP contribution in [0.4, 0.5) is 0 Å². The Balaban J connectivity index is 2.89. The Bertz CT molecular complexity index is 479. The normalized spacial score (nSPS) is 14.8. The summed E-state index contributed by atoms with van der Waals surface area (Å²) in [6.07, 6.45) is 1.14. The topological polar surface area (TPSA) is 52.8 Å². The average Bonchev–Trinajstić information content (AvgIpc) is 2.28. The lowest BCUT2D eigenvalue weighted by molar-refractivity contribution is 0.0714. The van der Waals surface area contributed by atoms with E-state index in [2.05, 4.69) is 25.8 Å². The second-order valence-electron chi connectivity index (χ2n) is 7.37. The van der Waals surface area contributed by atoms with Gasteiger partial charge in [0.25, 0.3) is 0 Å². The van der Waals surface area contributed by atoms with E-state index in [1.807, 2.05) is 39.0 Å². The van der Waals surface area contributed by atoms with E-state index in [4.69, 9.17) is 0 Å². The number of aliphatic imine (C=N–C) groups is 1. The molecule has 1 aromatic rings. The fourth-order valence-corrected chi connectivity index (χ4v) is 1.80. The monoisotopic (exact) mass is 277 g/mol. The minimum Gasteiger partial charge on any atom is -0.507 e. The van der Waals surface area contributed by atoms with E-state index >= 15 is 0 Å². The van der Waals surface area contributed by atoms with Gasteiger partial charge in [-0.2, -0.15) is 0 Å². The Morgan fingerprint density at radius 3 is 2.25 bits per heavy atom. The highest BCUT2D eigenvalue weighted by molar-refractivity contribution is 5.84. The molecule has 1 atom stereocenters. The molecule has 2 N–H and O–H groups in total. The zero-order chi connectivity index (χ0) is 15.6. The summed E-state index contributed by atoms with van der Waals surface area (Å²) in [4.78, 5) is 4.26. The number of benzene rings is 1. The van der Waals surface area contributed by atoms with Crippen LogP contribution in [0.1, 0.15) is 52.7 Å². The van der Waals surface area contributed by atoms with Crippen LogP contribution >= 0.6 is 0 Å². The molecular formula is C17H27NO2. The molecule has 3 nitrogen and oxygen atoms in total. The van der Waals surface area contributed by atoms with Crippen molar-refractivity contribution in [3.05, 3.63) is 29.3 Å². The average molecular weight is 277 g/mol. The number of hydrogen-bond donors (Lipinski definition) is 2. The number of para-hydroxylation sites is 1. The summed E-state index contributed by atoms with van der Waals surface area (Å²) in [7, 11) is 0. The fraction of sp³-hybridized carbons (Fsp3) is 0.588. The lowest BCUT2D eigenvalue weighted by atomic mass is 9.85. The van der Waals surface area contributed by atoms with E-state index in [0.717, 1.165) is 5.56 Å². The summed E-state index contributed by atoms with van der Waals surface area (Å²) in [6, 6.07) is 5.68. The summed E-state index contributed by atoms with van der Waals surface area (Å²) in [5.41, 5.74) is 1.29. The van der Waals surface area contributed by atoms with E-state index < -0.39 is 6.10 Å². The molecule has 1 aromatic carbocycles. The molecule has 20 heavy (non-hydrogen) atoms. The van der Waals surface area contributed by atoms with Crippen LogP contribution in [-0.2, 0) is 5.41 Å². The molecule has 0 aliphatic carbocycles. The number of nitrogens with zero attached hydrogens (tertiary/aromatic N) is 1. The molecular weight excluding hydrogens is 250 g/mol. The number of aliphatic hydroxyl groups is 1. The van der Waals surface area contributed by atoms with Crippen LogP contribution in [0.5, 0.6) is 5.75 Å². The van der Waals surface area contributed by atoms with Gasteiger partial charge in [0, 0.05) is 11.8 Å². The molecule has 0 heterocycles. The smallest absolute Gasteiger partial charge is 0.128 e. The van der Waals surface area contributed by atoms with Crippen LogP contribution in [-0.4, -0.2) is 29.1 Å². The Kier molecular flexibility index (Phi) is 4.98. The predicted octanol–water partition coefficient (Wildman–Crippen LogP) is 3.52. The molecule has 0 aliphatic heterocycles. The zero-order valence-electron chi connectivity index (χ0n) is 13.4. The molecule has 1 rings (SSSR count). The maximum absolute atomic E-state index is 10.3. The SMILES string of the molecule is CC(C)(C)c1cccc(C=NC[C@H](O)C(C)(C)C)c1O. The summed E-state index contributed by atoms with van der Waals surface area (Å²) in [5.74, 6) is 0.272. The van der Waals surface area contributed by atoms with E-state index in [9.17, 15) is 10.2 Å². The Morgan fingerprint density at radius 1 is 1.15 bits per heavy atom. The van der Waals surface area contributed by atoms with Crippen LogP contribution in [0, 0.1) is 5.41 Å². The van der Waals surface area contributed by atoms with Crippen molar-refractivity contribution >= 4 is 6.21 Å². The third-order valence-electron chi connectivity index (χ3n) is 3.38. The van der Waals surface area contributed by atoms with E-state index in [1.54, 1.807) is 6.21 Å². The van der Waals surface area contributed by atoms with Gasteiger partial charge < -0.3 is 10.2 Å². The number of hydrogen-bond acceptors (Lipinski definition) is 3. The van der Waals surface area contributed by atoms with Crippen LogP contribution in [0.2, 0.25) is 0 Å². The van der Waals surface area contributed by atoms with Crippen LogP contribution in [0.25, 0.3) is 0 Å². The molecule has 0 bridgehead atoms. The number of phenolic OH excluding ortho intramolecular Hbond substituents is 1. The Hall–Kier alpha value is -1.35. The van der Waals surface area contributed by atoms with Gasteiger partial charge in [0.2, 0.25) is 0 Å². The molecule has 0 spiro atoms. The predicted molar refractivity (Wildman–Crippen MR) is 84.7 cm³/mol. The minimum atomic E-state index is -0.494. The Labute approximate surface area is 122 Å². The van der Waals surface area contributed by atoms with Crippen molar-refractivity contribution in [1.82, 2.24) is 0 Å². The lowest BCUT2D eigenvalue weighted by Crippen LogP contribution is -2.28. The van der Waals surface area contributed by atoms with Gasteiger partial charge in [-0.05, 0) is 22.5 Å². The molecule has 3 heteroatoms. The first-order valence-corrected chi connectivity index (χ1v) is 7.04. The molecule has 0 unspecified atom stereocenters. The highest BCUT2D eigenvalue weighted by atomic mass is 16.3. The fourth-order valence-electron chi connectivity index (χ4n) is 1.80. The molecule has 0 aromatic heterocycles. The van der Waals surface area contributed by atoms with Crippen LogP contribution in [0.3, 0.4) is 0 Å². The van der Waals surface area contributed by atoms with Gasteiger partial charge in [0.05, 0.1) is 12.6 Å². The third-order valence-corrected chi connectivity index (χ3v) is 3.38. The molecule has 0 saturated carbocycles. The van der Waals surface area contributed by atoms with E-state index in [-0.39, 0.29) is 16.6 Å². The van der Waals surface area contributed by atoms with Gasteiger partial charge in [-0.3, -0.25) is 4.99 Å².